The van der Waals surface area contributed by atoms with Crippen LogP contribution in [0.2, 0.25) is 0 Å². The number of carbonyl (C=O) groups is 2. The van der Waals surface area contributed by atoms with Crippen LogP contribution in [-0.2, 0) is 9.53 Å². The van der Waals surface area contributed by atoms with Gasteiger partial charge < -0.3 is 15.2 Å². The zero-order chi connectivity index (χ0) is 15.1. The Kier molecular flexibility index (Phi) is 5.45. The number of ether oxygens (including phenoxy) is 1. The lowest BCUT2D eigenvalue weighted by Gasteiger charge is -2.22. The van der Waals surface area contributed by atoms with Crippen LogP contribution in [-0.4, -0.2) is 41.7 Å². The molecular formula is C15H18N2O4. The Morgan fingerprint density at radius 3 is 2.76 bits per heavy atom. The lowest BCUT2D eigenvalue weighted by Crippen LogP contribution is -2.32. The number of nitrogens with one attached hydrogen (secondary N) is 1. The zero-order valence-electron chi connectivity index (χ0n) is 11.6. The smallest absolute Gasteiger partial charge is 0.328 e. The fraction of sp³-hybridized carbons (Fsp3) is 0.400. The maximum atomic E-state index is 11.9. The van der Waals surface area contributed by atoms with Gasteiger partial charge in [0.2, 0.25) is 0 Å². The molecule has 2 heterocycles. The summed E-state index contributed by atoms with van der Waals surface area (Å²) in [6.45, 7) is 2.14. The molecule has 1 aliphatic heterocycles. The third kappa shape index (κ3) is 5.00. The van der Waals surface area contributed by atoms with Gasteiger partial charge in [0.25, 0.3) is 5.91 Å². The van der Waals surface area contributed by atoms with E-state index in [9.17, 15) is 9.59 Å². The van der Waals surface area contributed by atoms with E-state index >= 15 is 0 Å². The van der Waals surface area contributed by atoms with Crippen molar-refractivity contribution in [3.8, 4) is 0 Å². The summed E-state index contributed by atoms with van der Waals surface area (Å²) >= 11 is 0. The number of hydrogen-bond donors (Lipinski definition) is 2. The molecule has 6 heteroatoms. The maximum Gasteiger partial charge on any atom is 0.328 e. The van der Waals surface area contributed by atoms with Gasteiger partial charge in [0.05, 0.1) is 0 Å². The van der Waals surface area contributed by atoms with Gasteiger partial charge in [-0.25, -0.2) is 4.79 Å². The van der Waals surface area contributed by atoms with Crippen LogP contribution in [0.5, 0.6) is 0 Å². The Labute approximate surface area is 122 Å². The topological polar surface area (TPSA) is 88.5 Å². The largest absolute Gasteiger partial charge is 0.478 e. The van der Waals surface area contributed by atoms with Crippen molar-refractivity contribution < 1.29 is 19.4 Å². The fourth-order valence-corrected chi connectivity index (χ4v) is 2.08. The molecular weight excluding hydrogens is 272 g/mol. The van der Waals surface area contributed by atoms with E-state index in [0.29, 0.717) is 23.7 Å². The molecule has 0 spiro atoms. The SMILES string of the molecule is O=C(O)C=Cc1ccc(C(=O)NCC2CCOCC2)nc1. The number of amides is 1. The van der Waals surface area contributed by atoms with Crippen LogP contribution in [0.25, 0.3) is 6.08 Å². The van der Waals surface area contributed by atoms with Crippen molar-refractivity contribution in [2.75, 3.05) is 19.8 Å². The molecule has 2 rings (SSSR count). The average molecular weight is 290 g/mol. The van der Waals surface area contributed by atoms with Gasteiger partial charge in [-0.05, 0) is 36.5 Å². The minimum Gasteiger partial charge on any atom is -0.478 e. The minimum atomic E-state index is -1.02. The van der Waals surface area contributed by atoms with E-state index in [1.54, 1.807) is 12.1 Å². The monoisotopic (exact) mass is 290 g/mol. The van der Waals surface area contributed by atoms with E-state index in [0.717, 1.165) is 32.1 Å². The second-order valence-corrected chi connectivity index (χ2v) is 4.91. The number of rotatable bonds is 5. The van der Waals surface area contributed by atoms with E-state index in [2.05, 4.69) is 10.3 Å². The summed E-state index contributed by atoms with van der Waals surface area (Å²) in [5, 5.41) is 11.4. The molecule has 21 heavy (non-hydrogen) atoms. The van der Waals surface area contributed by atoms with E-state index in [4.69, 9.17) is 9.84 Å². The fourth-order valence-electron chi connectivity index (χ4n) is 2.08. The second kappa shape index (κ2) is 7.54. The average Bonchev–Trinajstić information content (AvgIpc) is 2.52. The van der Waals surface area contributed by atoms with Gasteiger partial charge in [-0.3, -0.25) is 9.78 Å². The molecule has 112 valence electrons. The van der Waals surface area contributed by atoms with Crippen molar-refractivity contribution in [1.29, 1.82) is 0 Å². The first-order valence-electron chi connectivity index (χ1n) is 6.88. The van der Waals surface area contributed by atoms with Gasteiger partial charge in [-0.15, -0.1) is 0 Å². The van der Waals surface area contributed by atoms with Gasteiger partial charge in [0.1, 0.15) is 5.69 Å². The first kappa shape index (κ1) is 15.2. The Hall–Kier alpha value is -2.21. The Morgan fingerprint density at radius 2 is 2.14 bits per heavy atom. The number of carbonyl (C=O) groups excluding carboxylic acids is 1. The first-order chi connectivity index (χ1) is 10.1. The molecule has 0 unspecified atom stereocenters. The van der Waals surface area contributed by atoms with Gasteiger partial charge in [0.15, 0.2) is 0 Å². The Morgan fingerprint density at radius 1 is 1.38 bits per heavy atom. The van der Waals surface area contributed by atoms with Crippen LogP contribution in [0.1, 0.15) is 28.9 Å². The number of carboxylic acids is 1. The predicted molar refractivity (Wildman–Crippen MR) is 76.8 cm³/mol. The van der Waals surface area contributed by atoms with Crippen LogP contribution < -0.4 is 5.32 Å². The van der Waals surface area contributed by atoms with Crippen LogP contribution in [0.4, 0.5) is 0 Å². The molecule has 1 aliphatic rings. The van der Waals surface area contributed by atoms with Crippen LogP contribution in [0.15, 0.2) is 24.4 Å². The summed E-state index contributed by atoms with van der Waals surface area (Å²) in [6, 6.07) is 3.25. The molecule has 1 saturated heterocycles. The summed E-state index contributed by atoms with van der Waals surface area (Å²) < 4.78 is 5.27. The lowest BCUT2D eigenvalue weighted by molar-refractivity contribution is -0.131. The third-order valence-electron chi connectivity index (χ3n) is 3.33. The summed E-state index contributed by atoms with van der Waals surface area (Å²) in [5.74, 6) is -0.774. The van der Waals surface area contributed by atoms with Crippen molar-refractivity contribution >= 4 is 18.0 Å². The summed E-state index contributed by atoms with van der Waals surface area (Å²) in [4.78, 5) is 26.4. The van der Waals surface area contributed by atoms with Gasteiger partial charge in [-0.2, -0.15) is 0 Å². The molecule has 0 radical (unpaired) electrons. The molecule has 1 aromatic heterocycles. The van der Waals surface area contributed by atoms with Gasteiger partial charge in [0, 0.05) is 32.0 Å². The Bertz CT molecular complexity index is 519. The first-order valence-corrected chi connectivity index (χ1v) is 6.88. The van der Waals surface area contributed by atoms with Crippen molar-refractivity contribution in [3.63, 3.8) is 0 Å². The highest BCUT2D eigenvalue weighted by Crippen LogP contribution is 2.13. The van der Waals surface area contributed by atoms with Gasteiger partial charge in [-0.1, -0.05) is 6.07 Å². The minimum absolute atomic E-state index is 0.213. The molecule has 0 aromatic carbocycles. The number of aromatic nitrogens is 1. The summed E-state index contributed by atoms with van der Waals surface area (Å²) in [6.07, 6.45) is 5.86. The van der Waals surface area contributed by atoms with E-state index in [1.807, 2.05) is 0 Å². The quantitative estimate of drug-likeness (QED) is 0.799. The molecule has 1 fully saturated rings. The number of carboxylic acid groups (broad SMARTS) is 1. The number of hydrogen-bond acceptors (Lipinski definition) is 4. The van der Waals surface area contributed by atoms with E-state index in [1.165, 1.54) is 12.3 Å². The molecule has 0 aliphatic carbocycles. The maximum absolute atomic E-state index is 11.9. The van der Waals surface area contributed by atoms with Crippen molar-refractivity contribution in [2.45, 2.75) is 12.8 Å². The van der Waals surface area contributed by atoms with Crippen LogP contribution >= 0.6 is 0 Å². The van der Waals surface area contributed by atoms with E-state index < -0.39 is 5.97 Å². The molecule has 1 amide bonds. The third-order valence-corrected chi connectivity index (χ3v) is 3.33. The lowest BCUT2D eigenvalue weighted by atomic mass is 10.0. The summed E-state index contributed by atoms with van der Waals surface area (Å²) in [7, 11) is 0. The highest BCUT2D eigenvalue weighted by atomic mass is 16.5. The predicted octanol–water partition coefficient (Wildman–Crippen LogP) is 1.34. The Balaban J connectivity index is 1.85. The highest BCUT2D eigenvalue weighted by Gasteiger charge is 2.15. The molecule has 2 N–H and O–H groups in total. The molecule has 1 aromatic rings. The van der Waals surface area contributed by atoms with Crippen LogP contribution in [0.3, 0.4) is 0 Å². The molecule has 0 bridgehead atoms. The van der Waals surface area contributed by atoms with Crippen molar-refractivity contribution in [2.24, 2.45) is 5.92 Å². The second-order valence-electron chi connectivity index (χ2n) is 4.91. The zero-order valence-corrected chi connectivity index (χ0v) is 11.6. The van der Waals surface area contributed by atoms with Crippen LogP contribution in [0, 0.1) is 5.92 Å². The number of nitrogens with zero attached hydrogens (tertiary/aromatic N) is 1. The van der Waals surface area contributed by atoms with Gasteiger partial charge >= 0.3 is 5.97 Å². The highest BCUT2D eigenvalue weighted by molar-refractivity contribution is 5.92. The van der Waals surface area contributed by atoms with Crippen molar-refractivity contribution in [1.82, 2.24) is 10.3 Å². The number of aliphatic carboxylic acids is 1. The number of pyridine rings is 1. The molecule has 6 nitrogen and oxygen atoms in total. The molecule has 0 atom stereocenters. The van der Waals surface area contributed by atoms with E-state index in [-0.39, 0.29) is 5.91 Å². The normalized spacial score (nSPS) is 16.0. The summed E-state index contributed by atoms with van der Waals surface area (Å²) in [5.41, 5.74) is 0.966. The molecule has 0 saturated carbocycles. The standard InChI is InChI=1S/C15H18N2O4/c18-14(19)4-2-11-1-3-13(16-9-11)15(20)17-10-12-5-7-21-8-6-12/h1-4,9,12H,5-8,10H2,(H,17,20)(H,18,19). The van der Waals surface area contributed by atoms with Crippen molar-refractivity contribution in [3.05, 3.63) is 35.7 Å².